The zero-order valence-corrected chi connectivity index (χ0v) is 14.2. The van der Waals surface area contributed by atoms with Crippen LogP contribution in [0.3, 0.4) is 0 Å². The number of halogens is 1. The number of amides is 2. The zero-order chi connectivity index (χ0) is 15.9. The molecule has 22 heavy (non-hydrogen) atoms. The highest BCUT2D eigenvalue weighted by atomic mass is 79.9. The Morgan fingerprint density at radius 1 is 1.32 bits per heavy atom. The highest BCUT2D eigenvalue weighted by Crippen LogP contribution is 2.21. The lowest BCUT2D eigenvalue weighted by Crippen LogP contribution is -2.36. The SMILES string of the molecule is COc1ncccc1CNC(=O)CNC(=O)c1ccc(Br)s1. The summed E-state index contributed by atoms with van der Waals surface area (Å²) in [6, 6.07) is 7.06. The molecule has 2 heterocycles. The monoisotopic (exact) mass is 383 g/mol. The average molecular weight is 384 g/mol. The number of nitrogens with one attached hydrogen (secondary N) is 2. The smallest absolute Gasteiger partial charge is 0.261 e. The van der Waals surface area contributed by atoms with E-state index in [4.69, 9.17) is 4.74 Å². The predicted molar refractivity (Wildman–Crippen MR) is 87.0 cm³/mol. The molecule has 2 rings (SSSR count). The third-order valence-corrected chi connectivity index (χ3v) is 4.35. The van der Waals surface area contributed by atoms with Crippen molar-refractivity contribution in [3.63, 3.8) is 0 Å². The summed E-state index contributed by atoms with van der Waals surface area (Å²) in [5.41, 5.74) is 0.770. The molecule has 0 spiro atoms. The summed E-state index contributed by atoms with van der Waals surface area (Å²) in [7, 11) is 1.52. The summed E-state index contributed by atoms with van der Waals surface area (Å²) in [6.07, 6.45) is 1.61. The van der Waals surface area contributed by atoms with Gasteiger partial charge in [-0.3, -0.25) is 9.59 Å². The van der Waals surface area contributed by atoms with Crippen LogP contribution in [0.5, 0.6) is 5.88 Å². The van der Waals surface area contributed by atoms with E-state index in [0.29, 0.717) is 10.8 Å². The van der Waals surface area contributed by atoms with Gasteiger partial charge in [0.15, 0.2) is 0 Å². The van der Waals surface area contributed by atoms with Crippen LogP contribution in [-0.2, 0) is 11.3 Å². The summed E-state index contributed by atoms with van der Waals surface area (Å²) in [5, 5.41) is 5.27. The van der Waals surface area contributed by atoms with Crippen LogP contribution in [0.15, 0.2) is 34.2 Å². The van der Waals surface area contributed by atoms with E-state index in [-0.39, 0.29) is 24.9 Å². The Morgan fingerprint density at radius 3 is 2.82 bits per heavy atom. The van der Waals surface area contributed by atoms with E-state index >= 15 is 0 Å². The summed E-state index contributed by atoms with van der Waals surface area (Å²) in [5.74, 6) is -0.0880. The van der Waals surface area contributed by atoms with Crippen molar-refractivity contribution in [2.75, 3.05) is 13.7 Å². The van der Waals surface area contributed by atoms with Gasteiger partial charge in [0.05, 0.1) is 22.3 Å². The van der Waals surface area contributed by atoms with Gasteiger partial charge in [-0.05, 0) is 34.1 Å². The zero-order valence-electron chi connectivity index (χ0n) is 11.8. The van der Waals surface area contributed by atoms with Crippen molar-refractivity contribution in [1.82, 2.24) is 15.6 Å². The minimum Gasteiger partial charge on any atom is -0.481 e. The van der Waals surface area contributed by atoms with Crippen LogP contribution in [0, 0.1) is 0 Å². The Balaban J connectivity index is 1.80. The Morgan fingerprint density at radius 2 is 2.14 bits per heavy atom. The van der Waals surface area contributed by atoms with Gasteiger partial charge in [0, 0.05) is 18.3 Å². The van der Waals surface area contributed by atoms with Crippen molar-refractivity contribution in [2.45, 2.75) is 6.54 Å². The van der Waals surface area contributed by atoms with Gasteiger partial charge >= 0.3 is 0 Å². The normalized spacial score (nSPS) is 10.1. The van der Waals surface area contributed by atoms with Crippen molar-refractivity contribution in [2.24, 2.45) is 0 Å². The molecule has 0 aliphatic heterocycles. The van der Waals surface area contributed by atoms with Gasteiger partial charge in [-0.15, -0.1) is 11.3 Å². The number of hydrogen-bond donors (Lipinski definition) is 2. The van der Waals surface area contributed by atoms with Gasteiger partial charge in [0.25, 0.3) is 5.91 Å². The number of methoxy groups -OCH3 is 1. The maximum absolute atomic E-state index is 11.8. The van der Waals surface area contributed by atoms with E-state index in [9.17, 15) is 9.59 Å². The van der Waals surface area contributed by atoms with Crippen LogP contribution < -0.4 is 15.4 Å². The Bertz CT molecular complexity index is 675. The lowest BCUT2D eigenvalue weighted by atomic mass is 10.2. The number of aromatic nitrogens is 1. The molecule has 0 aromatic carbocycles. The van der Waals surface area contributed by atoms with Crippen LogP contribution in [-0.4, -0.2) is 30.5 Å². The molecule has 0 unspecified atom stereocenters. The Kier molecular flexibility index (Phi) is 5.91. The van der Waals surface area contributed by atoms with Crippen molar-refractivity contribution in [1.29, 1.82) is 0 Å². The van der Waals surface area contributed by atoms with E-state index < -0.39 is 0 Å². The van der Waals surface area contributed by atoms with Crippen LogP contribution in [0.4, 0.5) is 0 Å². The summed E-state index contributed by atoms with van der Waals surface area (Å²) < 4.78 is 5.97. The molecule has 0 saturated carbocycles. The molecular formula is C14H14BrN3O3S. The standard InChI is InChI=1S/C14H14BrN3O3S/c1-21-14-9(3-2-6-16-14)7-17-12(19)8-18-13(20)10-4-5-11(15)22-10/h2-6H,7-8H2,1H3,(H,17,19)(H,18,20). The van der Waals surface area contributed by atoms with Gasteiger partial charge in [0.2, 0.25) is 11.8 Å². The first-order valence-electron chi connectivity index (χ1n) is 6.38. The second-order valence-corrected chi connectivity index (χ2v) is 6.70. The fourth-order valence-corrected chi connectivity index (χ4v) is 2.99. The minimum absolute atomic E-state index is 0.0864. The van der Waals surface area contributed by atoms with Crippen molar-refractivity contribution in [3.05, 3.63) is 44.7 Å². The van der Waals surface area contributed by atoms with Crippen LogP contribution in [0.2, 0.25) is 0 Å². The van der Waals surface area contributed by atoms with Crippen LogP contribution >= 0.6 is 27.3 Å². The highest BCUT2D eigenvalue weighted by Gasteiger charge is 2.11. The largest absolute Gasteiger partial charge is 0.481 e. The van der Waals surface area contributed by atoms with Crippen LogP contribution in [0.25, 0.3) is 0 Å². The average Bonchev–Trinajstić information content (AvgIpc) is 2.97. The molecule has 0 atom stereocenters. The molecule has 0 bridgehead atoms. The lowest BCUT2D eigenvalue weighted by Gasteiger charge is -2.09. The molecule has 2 aromatic rings. The van der Waals surface area contributed by atoms with E-state index in [0.717, 1.165) is 9.35 Å². The van der Waals surface area contributed by atoms with Crippen LogP contribution in [0.1, 0.15) is 15.2 Å². The number of nitrogens with zero attached hydrogens (tertiary/aromatic N) is 1. The van der Waals surface area contributed by atoms with Gasteiger partial charge < -0.3 is 15.4 Å². The molecule has 0 aliphatic carbocycles. The van der Waals surface area contributed by atoms with E-state index in [1.54, 1.807) is 24.4 Å². The number of rotatable bonds is 6. The van der Waals surface area contributed by atoms with Crippen molar-refractivity contribution in [3.8, 4) is 5.88 Å². The third kappa shape index (κ3) is 4.54. The van der Waals surface area contributed by atoms with E-state index in [2.05, 4.69) is 31.5 Å². The van der Waals surface area contributed by atoms with Gasteiger partial charge in [-0.25, -0.2) is 4.98 Å². The number of hydrogen-bond acceptors (Lipinski definition) is 5. The van der Waals surface area contributed by atoms with Gasteiger partial charge in [0.1, 0.15) is 0 Å². The van der Waals surface area contributed by atoms with E-state index in [1.807, 2.05) is 6.07 Å². The van der Waals surface area contributed by atoms with Crippen molar-refractivity contribution >= 4 is 39.1 Å². The molecule has 0 aliphatic rings. The maximum Gasteiger partial charge on any atom is 0.261 e. The maximum atomic E-state index is 11.8. The number of ether oxygens (including phenoxy) is 1. The molecule has 116 valence electrons. The summed E-state index contributed by atoms with van der Waals surface area (Å²) in [6.45, 7) is 0.202. The molecule has 2 amide bonds. The second-order valence-electron chi connectivity index (χ2n) is 4.23. The van der Waals surface area contributed by atoms with Gasteiger partial charge in [-0.1, -0.05) is 6.07 Å². The quantitative estimate of drug-likeness (QED) is 0.798. The first-order chi connectivity index (χ1) is 10.6. The fraction of sp³-hybridized carbons (Fsp3) is 0.214. The number of carbonyl (C=O) groups is 2. The first-order valence-corrected chi connectivity index (χ1v) is 7.99. The highest BCUT2D eigenvalue weighted by molar-refractivity contribution is 9.11. The fourth-order valence-electron chi connectivity index (χ4n) is 1.68. The van der Waals surface area contributed by atoms with Gasteiger partial charge in [-0.2, -0.15) is 0 Å². The Labute approximate surface area is 140 Å². The minimum atomic E-state index is -0.283. The molecule has 0 fully saturated rings. The molecule has 8 heteroatoms. The molecule has 0 radical (unpaired) electrons. The molecule has 2 aromatic heterocycles. The summed E-state index contributed by atoms with van der Waals surface area (Å²) >= 11 is 4.60. The Hall–Kier alpha value is -1.93. The molecular weight excluding hydrogens is 370 g/mol. The number of carbonyl (C=O) groups excluding carboxylic acids is 2. The summed E-state index contributed by atoms with van der Waals surface area (Å²) in [4.78, 5) is 28.2. The topological polar surface area (TPSA) is 80.3 Å². The van der Waals surface area contributed by atoms with E-state index in [1.165, 1.54) is 18.4 Å². The lowest BCUT2D eigenvalue weighted by molar-refractivity contribution is -0.120. The number of pyridine rings is 1. The first kappa shape index (κ1) is 16.4. The molecule has 0 saturated heterocycles. The number of thiophene rings is 1. The third-order valence-electron chi connectivity index (χ3n) is 2.73. The second kappa shape index (κ2) is 7.90. The molecule has 2 N–H and O–H groups in total. The predicted octanol–water partition coefficient (Wildman–Crippen LogP) is 1.96. The van der Waals surface area contributed by atoms with Crippen molar-refractivity contribution < 1.29 is 14.3 Å². The molecule has 6 nitrogen and oxygen atoms in total.